The first-order chi connectivity index (χ1) is 12.6. The number of anilines is 1. The van der Waals surface area contributed by atoms with E-state index in [4.69, 9.17) is 4.74 Å². The number of urea groups is 1. The number of carbonyl (C=O) groups is 2. The number of ether oxygens (including phenoxy) is 2. The van der Waals surface area contributed by atoms with Crippen LogP contribution < -0.4 is 10.1 Å². The molecule has 2 aromatic carbocycles. The zero-order chi connectivity index (χ0) is 18.8. The molecule has 2 aromatic rings. The molecule has 138 valence electrons. The van der Waals surface area contributed by atoms with Crippen molar-refractivity contribution in [2.24, 2.45) is 0 Å². The molecule has 0 saturated heterocycles. The minimum Gasteiger partial charge on any atom is -0.497 e. The van der Waals surface area contributed by atoms with E-state index in [0.717, 1.165) is 11.3 Å². The lowest BCUT2D eigenvalue weighted by Crippen LogP contribution is -2.38. The average Bonchev–Trinajstić information content (AvgIpc) is 2.68. The largest absolute Gasteiger partial charge is 0.497 e. The highest BCUT2D eigenvalue weighted by molar-refractivity contribution is 5.89. The van der Waals surface area contributed by atoms with Crippen LogP contribution in [-0.2, 0) is 16.0 Å². The smallest absolute Gasteiger partial charge is 0.321 e. The number of benzene rings is 2. The molecule has 0 atom stereocenters. The number of nitrogens with zero attached hydrogens (tertiary/aromatic N) is 1. The van der Waals surface area contributed by atoms with Crippen LogP contribution >= 0.6 is 0 Å². The summed E-state index contributed by atoms with van der Waals surface area (Å²) in [5.74, 6) is 0.449. The lowest BCUT2D eigenvalue weighted by molar-refractivity contribution is -0.140. The minimum absolute atomic E-state index is 0.154. The molecule has 0 radical (unpaired) electrons. The maximum absolute atomic E-state index is 12.6. The zero-order valence-corrected chi connectivity index (χ0v) is 15.1. The van der Waals surface area contributed by atoms with Crippen molar-refractivity contribution in [1.82, 2.24) is 4.90 Å². The summed E-state index contributed by atoms with van der Waals surface area (Å²) >= 11 is 0. The second-order valence-corrected chi connectivity index (χ2v) is 5.71. The standard InChI is InChI=1S/C20H24N2O4/c1-25-18-10-8-16(9-11-18)12-14-22(15-13-19(23)26-2)20(24)21-17-6-4-3-5-7-17/h3-11H,12-15H2,1-2H3,(H,21,24). The highest BCUT2D eigenvalue weighted by atomic mass is 16.5. The zero-order valence-electron chi connectivity index (χ0n) is 15.1. The van der Waals surface area contributed by atoms with Crippen LogP contribution in [0.3, 0.4) is 0 Å². The van der Waals surface area contributed by atoms with Gasteiger partial charge >= 0.3 is 12.0 Å². The molecule has 2 rings (SSSR count). The van der Waals surface area contributed by atoms with Gasteiger partial charge in [0.05, 0.1) is 20.6 Å². The van der Waals surface area contributed by atoms with Gasteiger partial charge in [0.1, 0.15) is 5.75 Å². The van der Waals surface area contributed by atoms with E-state index in [1.165, 1.54) is 7.11 Å². The van der Waals surface area contributed by atoms with E-state index in [9.17, 15) is 9.59 Å². The lowest BCUT2D eigenvalue weighted by Gasteiger charge is -2.23. The summed E-state index contributed by atoms with van der Waals surface area (Å²) in [5.41, 5.74) is 1.80. The molecule has 26 heavy (non-hydrogen) atoms. The minimum atomic E-state index is -0.341. The van der Waals surface area contributed by atoms with E-state index in [-0.39, 0.29) is 18.4 Å². The number of methoxy groups -OCH3 is 2. The number of hydrogen-bond acceptors (Lipinski definition) is 4. The van der Waals surface area contributed by atoms with Crippen LogP contribution in [0.5, 0.6) is 5.75 Å². The quantitative estimate of drug-likeness (QED) is 0.737. The van der Waals surface area contributed by atoms with E-state index < -0.39 is 0 Å². The summed E-state index contributed by atoms with van der Waals surface area (Å²) in [4.78, 5) is 25.6. The van der Waals surface area contributed by atoms with Crippen LogP contribution in [0.1, 0.15) is 12.0 Å². The van der Waals surface area contributed by atoms with Crippen molar-refractivity contribution in [2.75, 3.05) is 32.6 Å². The van der Waals surface area contributed by atoms with Crippen LogP contribution in [0.2, 0.25) is 0 Å². The number of hydrogen-bond donors (Lipinski definition) is 1. The molecule has 1 N–H and O–H groups in total. The van der Waals surface area contributed by atoms with Gasteiger partial charge in [-0.1, -0.05) is 30.3 Å². The van der Waals surface area contributed by atoms with Crippen LogP contribution in [0.15, 0.2) is 54.6 Å². The summed E-state index contributed by atoms with van der Waals surface area (Å²) in [7, 11) is 2.96. The molecule has 0 spiro atoms. The van der Waals surface area contributed by atoms with Crippen molar-refractivity contribution < 1.29 is 19.1 Å². The number of para-hydroxylation sites is 1. The van der Waals surface area contributed by atoms with E-state index in [1.807, 2.05) is 54.6 Å². The van der Waals surface area contributed by atoms with Gasteiger partial charge in [0, 0.05) is 18.8 Å². The third-order valence-electron chi connectivity index (χ3n) is 3.96. The Morgan fingerprint density at radius 3 is 2.27 bits per heavy atom. The van der Waals surface area contributed by atoms with Crippen molar-refractivity contribution in [2.45, 2.75) is 12.8 Å². The molecule has 0 bridgehead atoms. The Labute approximate surface area is 153 Å². The first-order valence-corrected chi connectivity index (χ1v) is 8.43. The van der Waals surface area contributed by atoms with Crippen LogP contribution in [0.25, 0.3) is 0 Å². The first-order valence-electron chi connectivity index (χ1n) is 8.43. The lowest BCUT2D eigenvalue weighted by atomic mass is 10.1. The number of esters is 1. The van der Waals surface area contributed by atoms with Crippen molar-refractivity contribution in [3.05, 3.63) is 60.2 Å². The molecule has 0 heterocycles. The Kier molecular flexibility index (Phi) is 7.49. The highest BCUT2D eigenvalue weighted by Gasteiger charge is 2.15. The molecular weight excluding hydrogens is 332 g/mol. The molecule has 6 heteroatoms. The van der Waals surface area contributed by atoms with E-state index in [2.05, 4.69) is 10.1 Å². The van der Waals surface area contributed by atoms with E-state index in [0.29, 0.717) is 25.2 Å². The Morgan fingerprint density at radius 2 is 1.65 bits per heavy atom. The predicted molar refractivity (Wildman–Crippen MR) is 100 cm³/mol. The number of amides is 2. The second-order valence-electron chi connectivity index (χ2n) is 5.71. The van der Waals surface area contributed by atoms with Crippen molar-refractivity contribution in [3.8, 4) is 5.75 Å². The molecular formula is C20H24N2O4. The summed E-state index contributed by atoms with van der Waals surface area (Å²) in [6, 6.07) is 16.7. The second kappa shape index (κ2) is 10.1. The third kappa shape index (κ3) is 6.12. The molecule has 0 aromatic heterocycles. The first kappa shape index (κ1) is 19.3. The molecule has 0 saturated carbocycles. The molecule has 6 nitrogen and oxygen atoms in total. The van der Waals surface area contributed by atoms with Crippen LogP contribution in [-0.4, -0.2) is 44.2 Å². The van der Waals surface area contributed by atoms with Crippen LogP contribution in [0, 0.1) is 0 Å². The molecule has 0 aliphatic rings. The van der Waals surface area contributed by atoms with Gasteiger partial charge in [-0.3, -0.25) is 4.79 Å². The fraction of sp³-hybridized carbons (Fsp3) is 0.300. The van der Waals surface area contributed by atoms with Gasteiger partial charge in [-0.15, -0.1) is 0 Å². The SMILES string of the molecule is COC(=O)CCN(CCc1ccc(OC)cc1)C(=O)Nc1ccccc1. The Hall–Kier alpha value is -3.02. The fourth-order valence-electron chi connectivity index (χ4n) is 2.42. The van der Waals surface area contributed by atoms with Gasteiger partial charge in [0.25, 0.3) is 0 Å². The van der Waals surface area contributed by atoms with Gasteiger partial charge in [-0.2, -0.15) is 0 Å². The van der Waals surface area contributed by atoms with Crippen molar-refractivity contribution in [1.29, 1.82) is 0 Å². The topological polar surface area (TPSA) is 67.9 Å². The Balaban J connectivity index is 1.99. The number of nitrogens with one attached hydrogen (secondary N) is 1. The Bertz CT molecular complexity index is 702. The van der Waals surface area contributed by atoms with Crippen molar-refractivity contribution in [3.63, 3.8) is 0 Å². The van der Waals surface area contributed by atoms with Crippen LogP contribution in [0.4, 0.5) is 10.5 Å². The third-order valence-corrected chi connectivity index (χ3v) is 3.96. The average molecular weight is 356 g/mol. The summed E-state index contributed by atoms with van der Waals surface area (Å²) in [5, 5.41) is 2.85. The van der Waals surface area contributed by atoms with Gasteiger partial charge in [-0.05, 0) is 36.2 Å². The maximum atomic E-state index is 12.6. The summed E-state index contributed by atoms with van der Waals surface area (Å²) < 4.78 is 9.83. The molecule has 0 unspecified atom stereocenters. The van der Waals surface area contributed by atoms with Gasteiger partial charge in [0.2, 0.25) is 0 Å². The molecule has 2 amide bonds. The summed E-state index contributed by atoms with van der Waals surface area (Å²) in [6.45, 7) is 0.781. The number of rotatable bonds is 8. The van der Waals surface area contributed by atoms with Gasteiger partial charge in [-0.25, -0.2) is 4.79 Å². The molecule has 0 fully saturated rings. The maximum Gasteiger partial charge on any atom is 0.321 e. The van der Waals surface area contributed by atoms with E-state index >= 15 is 0 Å². The highest BCUT2D eigenvalue weighted by Crippen LogP contribution is 2.13. The van der Waals surface area contributed by atoms with Gasteiger partial charge < -0.3 is 19.7 Å². The van der Waals surface area contributed by atoms with Gasteiger partial charge in [0.15, 0.2) is 0 Å². The normalized spacial score (nSPS) is 10.1. The molecule has 0 aliphatic heterocycles. The van der Waals surface area contributed by atoms with Crippen molar-refractivity contribution >= 4 is 17.7 Å². The van der Waals surface area contributed by atoms with E-state index in [1.54, 1.807) is 12.0 Å². The predicted octanol–water partition coefficient (Wildman–Crippen LogP) is 3.33. The summed E-state index contributed by atoms with van der Waals surface area (Å²) in [6.07, 6.45) is 0.828. The monoisotopic (exact) mass is 356 g/mol. The molecule has 0 aliphatic carbocycles. The number of carbonyl (C=O) groups excluding carboxylic acids is 2. The Morgan fingerprint density at radius 1 is 0.962 bits per heavy atom. The fourth-order valence-corrected chi connectivity index (χ4v) is 2.42.